The van der Waals surface area contributed by atoms with Gasteiger partial charge in [0.1, 0.15) is 0 Å². The Bertz CT molecular complexity index is 404. The maximum Gasteiger partial charge on any atom is 0.230 e. The average Bonchev–Trinajstić information content (AvgIpc) is 2.25. The highest BCUT2D eigenvalue weighted by Crippen LogP contribution is 2.25. The van der Waals surface area contributed by atoms with Gasteiger partial charge in [0.2, 0.25) is 5.91 Å². The summed E-state index contributed by atoms with van der Waals surface area (Å²) in [5, 5.41) is -0.234. The Morgan fingerprint density at radius 1 is 1.44 bits per heavy atom. The van der Waals surface area contributed by atoms with Crippen LogP contribution in [0.25, 0.3) is 0 Å². The number of amides is 1. The van der Waals surface area contributed by atoms with E-state index in [9.17, 15) is 9.59 Å². The molecule has 0 aliphatic carbocycles. The van der Waals surface area contributed by atoms with E-state index in [2.05, 4.69) is 0 Å². The number of Topliss-reactive ketones (excluding diaryl/α,β-unsaturated/α-hetero) is 1. The minimum atomic E-state index is -0.319. The molecular formula is C12H15NO2S. The molecule has 2 N–H and O–H groups in total. The Labute approximate surface area is 99.4 Å². The Kier molecular flexibility index (Phi) is 4.55. The zero-order valence-electron chi connectivity index (χ0n) is 9.40. The van der Waals surface area contributed by atoms with Gasteiger partial charge in [-0.3, -0.25) is 9.59 Å². The standard InChI is InChI=1S/C12H15NO2S/c1-3-11(12(13)15)16-10-6-4-5-9(7-10)8(2)14/h4-7,11H,3H2,1-2H3,(H2,13,15). The van der Waals surface area contributed by atoms with Gasteiger partial charge in [0, 0.05) is 10.5 Å². The summed E-state index contributed by atoms with van der Waals surface area (Å²) >= 11 is 1.40. The topological polar surface area (TPSA) is 60.2 Å². The van der Waals surface area contributed by atoms with Crippen LogP contribution in [0.1, 0.15) is 30.6 Å². The maximum absolute atomic E-state index is 11.2. The van der Waals surface area contributed by atoms with E-state index >= 15 is 0 Å². The highest BCUT2D eigenvalue weighted by molar-refractivity contribution is 8.00. The first-order valence-corrected chi connectivity index (χ1v) is 5.99. The van der Waals surface area contributed by atoms with Gasteiger partial charge in [-0.15, -0.1) is 11.8 Å². The molecule has 1 unspecified atom stereocenters. The number of hydrogen-bond donors (Lipinski definition) is 1. The van der Waals surface area contributed by atoms with Crippen LogP contribution in [0.2, 0.25) is 0 Å². The predicted molar refractivity (Wildman–Crippen MR) is 65.6 cm³/mol. The van der Waals surface area contributed by atoms with Gasteiger partial charge in [-0.2, -0.15) is 0 Å². The summed E-state index contributed by atoms with van der Waals surface area (Å²) in [4.78, 5) is 23.2. The van der Waals surface area contributed by atoms with E-state index in [1.807, 2.05) is 19.1 Å². The van der Waals surface area contributed by atoms with Crippen molar-refractivity contribution in [2.24, 2.45) is 5.73 Å². The minimum absolute atomic E-state index is 0.0228. The summed E-state index contributed by atoms with van der Waals surface area (Å²) in [5.41, 5.74) is 5.92. The molecule has 0 aromatic heterocycles. The van der Waals surface area contributed by atoms with Crippen molar-refractivity contribution in [3.05, 3.63) is 29.8 Å². The maximum atomic E-state index is 11.2. The quantitative estimate of drug-likeness (QED) is 0.631. The van der Waals surface area contributed by atoms with E-state index in [-0.39, 0.29) is 16.9 Å². The molecule has 0 bridgehead atoms. The van der Waals surface area contributed by atoms with Crippen LogP contribution in [0, 0.1) is 0 Å². The number of nitrogens with two attached hydrogens (primary N) is 1. The monoisotopic (exact) mass is 237 g/mol. The Hall–Kier alpha value is -1.29. The normalized spacial score (nSPS) is 12.1. The van der Waals surface area contributed by atoms with Crippen LogP contribution in [0.4, 0.5) is 0 Å². The molecular weight excluding hydrogens is 222 g/mol. The minimum Gasteiger partial charge on any atom is -0.369 e. The molecule has 0 heterocycles. The molecule has 0 spiro atoms. The van der Waals surface area contributed by atoms with Gasteiger partial charge in [0.15, 0.2) is 5.78 Å². The summed E-state index contributed by atoms with van der Waals surface area (Å²) in [6.07, 6.45) is 0.685. The second-order valence-electron chi connectivity index (χ2n) is 3.50. The lowest BCUT2D eigenvalue weighted by Gasteiger charge is -2.10. The number of carbonyl (C=O) groups is 2. The third-order valence-electron chi connectivity index (χ3n) is 2.21. The zero-order valence-corrected chi connectivity index (χ0v) is 10.2. The van der Waals surface area contributed by atoms with Crippen LogP contribution in [0.5, 0.6) is 0 Å². The van der Waals surface area contributed by atoms with Crippen molar-refractivity contribution in [3.63, 3.8) is 0 Å². The summed E-state index contributed by atoms with van der Waals surface area (Å²) < 4.78 is 0. The number of rotatable bonds is 5. The van der Waals surface area contributed by atoms with E-state index < -0.39 is 0 Å². The van der Waals surface area contributed by atoms with Gasteiger partial charge in [0.25, 0.3) is 0 Å². The fourth-order valence-electron chi connectivity index (χ4n) is 1.30. The lowest BCUT2D eigenvalue weighted by atomic mass is 10.2. The molecule has 4 heteroatoms. The van der Waals surface area contributed by atoms with Gasteiger partial charge in [-0.25, -0.2) is 0 Å². The SMILES string of the molecule is CCC(Sc1cccc(C(C)=O)c1)C(N)=O. The van der Waals surface area contributed by atoms with Crippen molar-refractivity contribution >= 4 is 23.5 Å². The largest absolute Gasteiger partial charge is 0.369 e. The van der Waals surface area contributed by atoms with Crippen LogP contribution >= 0.6 is 11.8 Å². The van der Waals surface area contributed by atoms with Crippen molar-refractivity contribution in [2.75, 3.05) is 0 Å². The van der Waals surface area contributed by atoms with Gasteiger partial charge in [-0.1, -0.05) is 19.1 Å². The Balaban J connectivity index is 2.84. The number of benzene rings is 1. The van der Waals surface area contributed by atoms with E-state index in [0.717, 1.165) is 4.90 Å². The smallest absolute Gasteiger partial charge is 0.230 e. The molecule has 0 aliphatic rings. The molecule has 3 nitrogen and oxygen atoms in total. The van der Waals surface area contributed by atoms with E-state index in [4.69, 9.17) is 5.73 Å². The third-order valence-corrected chi connectivity index (χ3v) is 3.58. The van der Waals surface area contributed by atoms with Crippen LogP contribution in [-0.2, 0) is 4.79 Å². The Morgan fingerprint density at radius 2 is 2.12 bits per heavy atom. The molecule has 0 saturated heterocycles. The van der Waals surface area contributed by atoms with E-state index in [1.54, 1.807) is 12.1 Å². The van der Waals surface area contributed by atoms with Gasteiger partial charge in [-0.05, 0) is 25.5 Å². The molecule has 0 aliphatic heterocycles. The van der Waals surface area contributed by atoms with Crippen molar-refractivity contribution in [1.82, 2.24) is 0 Å². The first-order chi connectivity index (χ1) is 7.54. The van der Waals surface area contributed by atoms with Gasteiger partial charge in [0.05, 0.1) is 5.25 Å². The number of ketones is 1. The zero-order chi connectivity index (χ0) is 12.1. The van der Waals surface area contributed by atoms with Crippen LogP contribution in [-0.4, -0.2) is 16.9 Å². The molecule has 86 valence electrons. The second-order valence-corrected chi connectivity index (χ2v) is 4.78. The van der Waals surface area contributed by atoms with Crippen LogP contribution < -0.4 is 5.73 Å². The van der Waals surface area contributed by atoms with Crippen LogP contribution in [0.15, 0.2) is 29.2 Å². The average molecular weight is 237 g/mol. The lowest BCUT2D eigenvalue weighted by Crippen LogP contribution is -2.24. The fourth-order valence-corrected chi connectivity index (χ4v) is 2.26. The lowest BCUT2D eigenvalue weighted by molar-refractivity contribution is -0.117. The van der Waals surface area contributed by atoms with Crippen molar-refractivity contribution in [1.29, 1.82) is 0 Å². The van der Waals surface area contributed by atoms with Crippen LogP contribution in [0.3, 0.4) is 0 Å². The number of thioether (sulfide) groups is 1. The summed E-state index contributed by atoms with van der Waals surface area (Å²) in [7, 11) is 0. The molecule has 16 heavy (non-hydrogen) atoms. The highest BCUT2D eigenvalue weighted by atomic mass is 32.2. The summed E-state index contributed by atoms with van der Waals surface area (Å²) in [6.45, 7) is 3.44. The molecule has 1 rings (SSSR count). The first kappa shape index (κ1) is 12.8. The predicted octanol–water partition coefficient (Wildman–Crippen LogP) is 2.25. The Morgan fingerprint density at radius 3 is 2.62 bits per heavy atom. The number of primary amides is 1. The second kappa shape index (κ2) is 5.70. The molecule has 1 amide bonds. The number of carbonyl (C=O) groups excluding carboxylic acids is 2. The molecule has 0 saturated carbocycles. The fraction of sp³-hybridized carbons (Fsp3) is 0.333. The summed E-state index contributed by atoms with van der Waals surface area (Å²) in [5.74, 6) is -0.296. The van der Waals surface area contributed by atoms with Crippen molar-refractivity contribution in [2.45, 2.75) is 30.4 Å². The van der Waals surface area contributed by atoms with Gasteiger partial charge < -0.3 is 5.73 Å². The van der Waals surface area contributed by atoms with E-state index in [0.29, 0.717) is 12.0 Å². The molecule has 1 aromatic rings. The van der Waals surface area contributed by atoms with Gasteiger partial charge >= 0.3 is 0 Å². The third kappa shape index (κ3) is 3.38. The molecule has 0 fully saturated rings. The van der Waals surface area contributed by atoms with E-state index in [1.165, 1.54) is 18.7 Å². The number of hydrogen-bond acceptors (Lipinski definition) is 3. The molecule has 1 aromatic carbocycles. The molecule has 1 atom stereocenters. The highest BCUT2D eigenvalue weighted by Gasteiger charge is 2.14. The first-order valence-electron chi connectivity index (χ1n) is 5.11. The van der Waals surface area contributed by atoms with Crippen molar-refractivity contribution in [3.8, 4) is 0 Å². The summed E-state index contributed by atoms with van der Waals surface area (Å²) in [6, 6.07) is 7.24. The van der Waals surface area contributed by atoms with Crippen molar-refractivity contribution < 1.29 is 9.59 Å². The molecule has 0 radical (unpaired) electrons.